The van der Waals surface area contributed by atoms with Crippen molar-refractivity contribution >= 4 is 16.8 Å². The first-order chi connectivity index (χ1) is 5.79. The molecule has 0 aliphatic heterocycles. The van der Waals surface area contributed by atoms with Gasteiger partial charge < -0.3 is 10.7 Å². The number of fused-ring (bicyclic) bond motifs is 1. The number of primary amides is 1. The maximum atomic E-state index is 10.9. The number of carbonyl (C=O) groups is 1. The van der Waals surface area contributed by atoms with Gasteiger partial charge in [-0.1, -0.05) is 0 Å². The van der Waals surface area contributed by atoms with Gasteiger partial charge in [-0.25, -0.2) is 0 Å². The Morgan fingerprint density at radius 3 is 3.17 bits per heavy atom. The number of hydrogen-bond donors (Lipinski definition) is 2. The van der Waals surface area contributed by atoms with Crippen LogP contribution in [0.3, 0.4) is 0 Å². The van der Waals surface area contributed by atoms with Crippen molar-refractivity contribution in [2.75, 3.05) is 0 Å². The van der Waals surface area contributed by atoms with Gasteiger partial charge in [-0.15, -0.1) is 0 Å². The molecule has 12 heavy (non-hydrogen) atoms. The van der Waals surface area contributed by atoms with Crippen molar-refractivity contribution in [3.63, 3.8) is 0 Å². The van der Waals surface area contributed by atoms with Crippen LogP contribution in [0.5, 0.6) is 0 Å². The summed E-state index contributed by atoms with van der Waals surface area (Å²) in [6, 6.07) is 1.76. The van der Waals surface area contributed by atoms with Crippen molar-refractivity contribution in [1.29, 1.82) is 0 Å². The summed E-state index contributed by atoms with van der Waals surface area (Å²) in [5.41, 5.74) is 6.48. The summed E-state index contributed by atoms with van der Waals surface area (Å²) in [5, 5.41) is 0.817. The summed E-state index contributed by atoms with van der Waals surface area (Å²) in [4.78, 5) is 17.7. The largest absolute Gasteiger partial charge is 0.366 e. The first kappa shape index (κ1) is 6.84. The average Bonchev–Trinajstić information content (AvgIpc) is 2.47. The van der Waals surface area contributed by atoms with Crippen LogP contribution in [0.1, 0.15) is 10.4 Å². The molecule has 4 nitrogen and oxygen atoms in total. The van der Waals surface area contributed by atoms with E-state index < -0.39 is 5.91 Å². The quantitative estimate of drug-likeness (QED) is 0.644. The Labute approximate surface area is 68.4 Å². The van der Waals surface area contributed by atoms with Gasteiger partial charge in [0.2, 0.25) is 0 Å². The SMILES string of the molecule is NC(=O)c1c[nH]c2cnccc12. The maximum absolute atomic E-state index is 10.9. The van der Waals surface area contributed by atoms with Crippen LogP contribution >= 0.6 is 0 Å². The molecule has 2 heterocycles. The summed E-state index contributed by atoms with van der Waals surface area (Å²) in [7, 11) is 0. The van der Waals surface area contributed by atoms with Crippen LogP contribution in [-0.4, -0.2) is 15.9 Å². The van der Waals surface area contributed by atoms with Crippen molar-refractivity contribution in [2.24, 2.45) is 5.73 Å². The highest BCUT2D eigenvalue weighted by Crippen LogP contribution is 2.15. The molecule has 2 rings (SSSR count). The monoisotopic (exact) mass is 161 g/mol. The van der Waals surface area contributed by atoms with Crippen molar-refractivity contribution in [3.05, 3.63) is 30.2 Å². The van der Waals surface area contributed by atoms with E-state index in [2.05, 4.69) is 9.97 Å². The van der Waals surface area contributed by atoms with E-state index in [1.807, 2.05) is 0 Å². The number of carbonyl (C=O) groups excluding carboxylic acids is 1. The van der Waals surface area contributed by atoms with Crippen LogP contribution in [0.2, 0.25) is 0 Å². The number of amides is 1. The minimum atomic E-state index is -0.424. The van der Waals surface area contributed by atoms with Gasteiger partial charge in [0.25, 0.3) is 5.91 Å². The zero-order valence-electron chi connectivity index (χ0n) is 6.24. The molecule has 0 bridgehead atoms. The van der Waals surface area contributed by atoms with Gasteiger partial charge in [0.1, 0.15) is 0 Å². The predicted octanol–water partition coefficient (Wildman–Crippen LogP) is 0.662. The Kier molecular flexibility index (Phi) is 1.33. The van der Waals surface area contributed by atoms with Gasteiger partial charge in [-0.05, 0) is 6.07 Å². The van der Waals surface area contributed by atoms with E-state index in [0.717, 1.165) is 10.9 Å². The molecule has 4 heteroatoms. The van der Waals surface area contributed by atoms with Crippen molar-refractivity contribution in [1.82, 2.24) is 9.97 Å². The van der Waals surface area contributed by atoms with E-state index in [1.54, 1.807) is 24.7 Å². The van der Waals surface area contributed by atoms with Crippen molar-refractivity contribution in [2.45, 2.75) is 0 Å². The molecule has 3 N–H and O–H groups in total. The summed E-state index contributed by atoms with van der Waals surface area (Å²) in [5.74, 6) is -0.424. The molecule has 0 aromatic carbocycles. The second-order valence-electron chi connectivity index (χ2n) is 2.49. The molecule has 0 spiro atoms. The Morgan fingerprint density at radius 2 is 2.42 bits per heavy atom. The highest BCUT2D eigenvalue weighted by Gasteiger charge is 2.06. The van der Waals surface area contributed by atoms with E-state index in [1.165, 1.54) is 0 Å². The molecule has 2 aromatic rings. The molecule has 0 saturated carbocycles. The fourth-order valence-electron chi connectivity index (χ4n) is 1.18. The Balaban J connectivity index is 2.79. The zero-order valence-corrected chi connectivity index (χ0v) is 6.24. The van der Waals surface area contributed by atoms with Crippen LogP contribution in [0.4, 0.5) is 0 Å². The normalized spacial score (nSPS) is 10.3. The molecule has 0 fully saturated rings. The van der Waals surface area contributed by atoms with Gasteiger partial charge in [0, 0.05) is 17.8 Å². The van der Waals surface area contributed by atoms with Gasteiger partial charge in [0.15, 0.2) is 0 Å². The Hall–Kier alpha value is -1.84. The lowest BCUT2D eigenvalue weighted by molar-refractivity contribution is 0.100. The van der Waals surface area contributed by atoms with E-state index in [4.69, 9.17) is 5.73 Å². The number of pyridine rings is 1. The molecule has 0 saturated heterocycles. The van der Waals surface area contributed by atoms with Crippen LogP contribution in [0.25, 0.3) is 10.9 Å². The number of rotatable bonds is 1. The number of aromatic nitrogens is 2. The predicted molar refractivity (Wildman–Crippen MR) is 44.6 cm³/mol. The molecule has 0 aliphatic rings. The zero-order chi connectivity index (χ0) is 8.55. The van der Waals surface area contributed by atoms with Crippen molar-refractivity contribution < 1.29 is 4.79 Å². The summed E-state index contributed by atoms with van der Waals surface area (Å²) < 4.78 is 0. The standard InChI is InChI=1S/C8H7N3O/c9-8(12)6-3-11-7-4-10-2-1-5(6)7/h1-4,11H,(H2,9,12). The molecular weight excluding hydrogens is 154 g/mol. The van der Waals surface area contributed by atoms with E-state index >= 15 is 0 Å². The van der Waals surface area contributed by atoms with Crippen molar-refractivity contribution in [3.8, 4) is 0 Å². The maximum Gasteiger partial charge on any atom is 0.250 e. The smallest absolute Gasteiger partial charge is 0.250 e. The van der Waals surface area contributed by atoms with E-state index in [-0.39, 0.29) is 0 Å². The number of nitrogens with two attached hydrogens (primary N) is 1. The molecule has 60 valence electrons. The third-order valence-electron chi connectivity index (χ3n) is 1.75. The van der Waals surface area contributed by atoms with Gasteiger partial charge in [-0.2, -0.15) is 0 Å². The number of hydrogen-bond acceptors (Lipinski definition) is 2. The Morgan fingerprint density at radius 1 is 1.58 bits per heavy atom. The summed E-state index contributed by atoms with van der Waals surface area (Å²) in [6.07, 6.45) is 4.87. The minimum Gasteiger partial charge on any atom is -0.366 e. The Bertz CT molecular complexity index is 433. The third-order valence-corrected chi connectivity index (χ3v) is 1.75. The second kappa shape index (κ2) is 2.34. The molecular formula is C8H7N3O. The third kappa shape index (κ3) is 0.852. The molecule has 0 radical (unpaired) electrons. The molecule has 1 amide bonds. The van der Waals surface area contributed by atoms with Gasteiger partial charge in [-0.3, -0.25) is 9.78 Å². The highest BCUT2D eigenvalue weighted by molar-refractivity contribution is 6.05. The van der Waals surface area contributed by atoms with Crippen LogP contribution in [0, 0.1) is 0 Å². The van der Waals surface area contributed by atoms with Gasteiger partial charge in [0.05, 0.1) is 17.3 Å². The number of H-pyrrole nitrogens is 1. The van der Waals surface area contributed by atoms with Crippen LogP contribution < -0.4 is 5.73 Å². The van der Waals surface area contributed by atoms with Crippen LogP contribution in [0.15, 0.2) is 24.7 Å². The average molecular weight is 161 g/mol. The van der Waals surface area contributed by atoms with Gasteiger partial charge >= 0.3 is 0 Å². The minimum absolute atomic E-state index is 0.424. The van der Waals surface area contributed by atoms with E-state index in [9.17, 15) is 4.79 Å². The second-order valence-corrected chi connectivity index (χ2v) is 2.49. The topological polar surface area (TPSA) is 71.8 Å². The first-order valence-electron chi connectivity index (χ1n) is 3.50. The number of nitrogens with zero attached hydrogens (tertiary/aromatic N) is 1. The highest BCUT2D eigenvalue weighted by atomic mass is 16.1. The lowest BCUT2D eigenvalue weighted by atomic mass is 10.2. The fraction of sp³-hybridized carbons (Fsp3) is 0. The van der Waals surface area contributed by atoms with Crippen LogP contribution in [-0.2, 0) is 0 Å². The number of nitrogens with one attached hydrogen (secondary N) is 1. The molecule has 2 aromatic heterocycles. The molecule has 0 unspecified atom stereocenters. The summed E-state index contributed by atoms with van der Waals surface area (Å²) >= 11 is 0. The summed E-state index contributed by atoms with van der Waals surface area (Å²) in [6.45, 7) is 0. The molecule has 0 aliphatic carbocycles. The molecule has 0 atom stereocenters. The number of aromatic amines is 1. The lowest BCUT2D eigenvalue weighted by Crippen LogP contribution is -2.09. The fourth-order valence-corrected chi connectivity index (χ4v) is 1.18. The van der Waals surface area contributed by atoms with E-state index in [0.29, 0.717) is 5.56 Å². The first-order valence-corrected chi connectivity index (χ1v) is 3.50. The lowest BCUT2D eigenvalue weighted by Gasteiger charge is -1.89.